The first kappa shape index (κ1) is 16.0. The van der Waals surface area contributed by atoms with Crippen LogP contribution in [0.15, 0.2) is 24.3 Å². The maximum atomic E-state index is 5.68. The van der Waals surface area contributed by atoms with E-state index in [4.69, 9.17) is 9.47 Å². The van der Waals surface area contributed by atoms with E-state index in [2.05, 4.69) is 38.2 Å². The Hall–Kier alpha value is -1.06. The summed E-state index contributed by atoms with van der Waals surface area (Å²) in [5.74, 6) is 1.50. The van der Waals surface area contributed by atoms with E-state index in [1.807, 2.05) is 12.1 Å². The van der Waals surface area contributed by atoms with Crippen molar-refractivity contribution in [1.29, 1.82) is 0 Å². The molecule has 1 atom stereocenters. The molecule has 0 aliphatic carbocycles. The van der Waals surface area contributed by atoms with Gasteiger partial charge >= 0.3 is 0 Å². The van der Waals surface area contributed by atoms with Gasteiger partial charge in [-0.25, -0.2) is 0 Å². The van der Waals surface area contributed by atoms with Gasteiger partial charge in [0.05, 0.1) is 6.61 Å². The zero-order chi connectivity index (χ0) is 14.1. The molecule has 1 rings (SSSR count). The van der Waals surface area contributed by atoms with Crippen LogP contribution in [-0.4, -0.2) is 26.9 Å². The molecular weight excluding hydrogens is 238 g/mol. The van der Waals surface area contributed by atoms with Crippen molar-refractivity contribution in [2.75, 3.05) is 26.9 Å². The molecule has 3 heteroatoms. The highest BCUT2D eigenvalue weighted by Gasteiger charge is 2.04. The number of ether oxygens (including phenoxy) is 2. The first-order chi connectivity index (χ1) is 9.13. The highest BCUT2D eigenvalue weighted by Crippen LogP contribution is 2.18. The molecule has 19 heavy (non-hydrogen) atoms. The number of hydrogen-bond acceptors (Lipinski definition) is 3. The summed E-state index contributed by atoms with van der Waals surface area (Å²) in [6, 6.07) is 8.71. The number of benzene rings is 1. The van der Waals surface area contributed by atoms with Gasteiger partial charge in [0, 0.05) is 19.8 Å². The van der Waals surface area contributed by atoms with Crippen LogP contribution in [0.5, 0.6) is 5.75 Å². The van der Waals surface area contributed by atoms with E-state index < -0.39 is 0 Å². The molecule has 0 aliphatic rings. The van der Waals surface area contributed by atoms with Gasteiger partial charge in [0.15, 0.2) is 0 Å². The van der Waals surface area contributed by atoms with Crippen molar-refractivity contribution in [2.45, 2.75) is 33.2 Å². The Labute approximate surface area is 117 Å². The summed E-state index contributed by atoms with van der Waals surface area (Å²) in [5, 5.41) is 3.48. The van der Waals surface area contributed by atoms with Gasteiger partial charge in [0.1, 0.15) is 5.75 Å². The van der Waals surface area contributed by atoms with E-state index in [9.17, 15) is 0 Å². The van der Waals surface area contributed by atoms with Crippen LogP contribution in [-0.2, 0) is 4.74 Å². The van der Waals surface area contributed by atoms with Crippen LogP contribution in [0.4, 0.5) is 0 Å². The number of nitrogens with one attached hydrogen (secondary N) is 1. The summed E-state index contributed by atoms with van der Waals surface area (Å²) in [6.45, 7) is 9.03. The molecule has 0 heterocycles. The highest BCUT2D eigenvalue weighted by atomic mass is 16.5. The molecule has 1 N–H and O–H groups in total. The van der Waals surface area contributed by atoms with E-state index in [0.29, 0.717) is 12.0 Å². The van der Waals surface area contributed by atoms with E-state index in [1.165, 1.54) is 5.56 Å². The summed E-state index contributed by atoms with van der Waals surface area (Å²) in [6.07, 6.45) is 1.04. The van der Waals surface area contributed by atoms with E-state index in [1.54, 1.807) is 7.11 Å². The number of hydrogen-bond donors (Lipinski definition) is 1. The summed E-state index contributed by atoms with van der Waals surface area (Å²) >= 11 is 0. The Morgan fingerprint density at radius 3 is 2.37 bits per heavy atom. The van der Waals surface area contributed by atoms with Gasteiger partial charge in [-0.05, 0) is 43.5 Å². The lowest BCUT2D eigenvalue weighted by atomic mass is 10.1. The molecule has 0 aliphatic heterocycles. The summed E-state index contributed by atoms with van der Waals surface area (Å²) < 4.78 is 10.7. The maximum absolute atomic E-state index is 5.68. The zero-order valence-electron chi connectivity index (χ0n) is 12.6. The minimum atomic E-state index is 0.357. The predicted molar refractivity (Wildman–Crippen MR) is 79.7 cm³/mol. The molecule has 0 spiro atoms. The molecule has 0 saturated heterocycles. The van der Waals surface area contributed by atoms with Gasteiger partial charge < -0.3 is 14.8 Å². The van der Waals surface area contributed by atoms with Crippen molar-refractivity contribution in [3.63, 3.8) is 0 Å². The second kappa shape index (κ2) is 8.94. The molecule has 0 amide bonds. The smallest absolute Gasteiger partial charge is 0.119 e. The lowest BCUT2D eigenvalue weighted by molar-refractivity contribution is 0.193. The Kier molecular flexibility index (Phi) is 7.53. The molecule has 108 valence electrons. The predicted octanol–water partition coefficient (Wildman–Crippen LogP) is 3.41. The Bertz CT molecular complexity index is 335. The van der Waals surface area contributed by atoms with Crippen LogP contribution in [0.3, 0.4) is 0 Å². The first-order valence-corrected chi connectivity index (χ1v) is 7.08. The second-order valence-corrected chi connectivity index (χ2v) is 5.30. The van der Waals surface area contributed by atoms with E-state index >= 15 is 0 Å². The van der Waals surface area contributed by atoms with Crippen LogP contribution >= 0.6 is 0 Å². The molecule has 0 radical (unpaired) electrons. The van der Waals surface area contributed by atoms with Gasteiger partial charge in [-0.1, -0.05) is 26.0 Å². The third kappa shape index (κ3) is 6.60. The average Bonchev–Trinajstić information content (AvgIpc) is 2.41. The molecule has 0 fully saturated rings. The van der Waals surface area contributed by atoms with E-state index in [-0.39, 0.29) is 0 Å². The fraction of sp³-hybridized carbons (Fsp3) is 0.625. The normalized spacial score (nSPS) is 12.7. The maximum Gasteiger partial charge on any atom is 0.119 e. The van der Waals surface area contributed by atoms with Crippen molar-refractivity contribution in [3.8, 4) is 5.75 Å². The summed E-state index contributed by atoms with van der Waals surface area (Å²) in [5.41, 5.74) is 1.29. The van der Waals surface area contributed by atoms with Crippen molar-refractivity contribution in [3.05, 3.63) is 29.8 Å². The molecule has 1 aromatic carbocycles. The van der Waals surface area contributed by atoms with Crippen molar-refractivity contribution in [1.82, 2.24) is 5.32 Å². The Morgan fingerprint density at radius 2 is 1.79 bits per heavy atom. The quantitative estimate of drug-likeness (QED) is 0.694. The number of methoxy groups -OCH3 is 1. The van der Waals surface area contributed by atoms with Gasteiger partial charge in [-0.3, -0.25) is 0 Å². The SMILES string of the molecule is COCCCNC(C)c1ccc(OCC(C)C)cc1. The van der Waals surface area contributed by atoms with Crippen molar-refractivity contribution < 1.29 is 9.47 Å². The standard InChI is InChI=1S/C16H27NO2/c1-13(2)12-19-16-8-6-15(7-9-16)14(3)17-10-5-11-18-4/h6-9,13-14,17H,5,10-12H2,1-4H3. The Morgan fingerprint density at radius 1 is 1.11 bits per heavy atom. The van der Waals surface area contributed by atoms with Gasteiger partial charge in [0.25, 0.3) is 0 Å². The van der Waals surface area contributed by atoms with Crippen molar-refractivity contribution in [2.24, 2.45) is 5.92 Å². The monoisotopic (exact) mass is 265 g/mol. The van der Waals surface area contributed by atoms with Crippen LogP contribution in [0, 0.1) is 5.92 Å². The fourth-order valence-electron chi connectivity index (χ4n) is 1.77. The minimum Gasteiger partial charge on any atom is -0.493 e. The third-order valence-corrected chi connectivity index (χ3v) is 2.94. The lowest BCUT2D eigenvalue weighted by Gasteiger charge is -2.15. The molecule has 1 unspecified atom stereocenters. The van der Waals surface area contributed by atoms with Gasteiger partial charge in [0.2, 0.25) is 0 Å². The second-order valence-electron chi connectivity index (χ2n) is 5.30. The third-order valence-electron chi connectivity index (χ3n) is 2.94. The fourth-order valence-corrected chi connectivity index (χ4v) is 1.77. The van der Waals surface area contributed by atoms with Crippen LogP contribution in [0.2, 0.25) is 0 Å². The molecule has 0 saturated carbocycles. The zero-order valence-corrected chi connectivity index (χ0v) is 12.6. The van der Waals surface area contributed by atoms with Crippen LogP contribution in [0.25, 0.3) is 0 Å². The van der Waals surface area contributed by atoms with Crippen LogP contribution < -0.4 is 10.1 Å². The average molecular weight is 265 g/mol. The molecule has 0 bridgehead atoms. The topological polar surface area (TPSA) is 30.5 Å². The van der Waals surface area contributed by atoms with E-state index in [0.717, 1.165) is 31.9 Å². The summed E-state index contributed by atoms with van der Waals surface area (Å²) in [7, 11) is 1.74. The van der Waals surface area contributed by atoms with Crippen molar-refractivity contribution >= 4 is 0 Å². The molecule has 0 aromatic heterocycles. The minimum absolute atomic E-state index is 0.357. The molecular formula is C16H27NO2. The van der Waals surface area contributed by atoms with Gasteiger partial charge in [-0.15, -0.1) is 0 Å². The highest BCUT2D eigenvalue weighted by molar-refractivity contribution is 5.28. The first-order valence-electron chi connectivity index (χ1n) is 7.08. The summed E-state index contributed by atoms with van der Waals surface area (Å²) in [4.78, 5) is 0. The molecule has 3 nitrogen and oxygen atoms in total. The lowest BCUT2D eigenvalue weighted by Crippen LogP contribution is -2.20. The van der Waals surface area contributed by atoms with Crippen LogP contribution in [0.1, 0.15) is 38.8 Å². The largest absolute Gasteiger partial charge is 0.493 e. The molecule has 1 aromatic rings. The van der Waals surface area contributed by atoms with Gasteiger partial charge in [-0.2, -0.15) is 0 Å². The number of rotatable bonds is 9. The Balaban J connectivity index is 2.37.